The smallest absolute Gasteiger partial charge is 0.222 e. The molecular formula is C19H19N3O3. The molecule has 2 N–H and O–H groups in total. The van der Waals surface area contributed by atoms with Crippen molar-refractivity contribution < 1.29 is 14.6 Å². The van der Waals surface area contributed by atoms with Gasteiger partial charge in [-0.1, -0.05) is 18.2 Å². The van der Waals surface area contributed by atoms with Crippen LogP contribution in [0.4, 0.5) is 0 Å². The van der Waals surface area contributed by atoms with Gasteiger partial charge in [0.15, 0.2) is 0 Å². The standard InChI is InChI=1S/C19H19N3O3/c23-15-12-25-16-6-2-1-5-14(16)18(15)21-17(24)8-11-22-10-7-13-4-3-9-20-19(13)22/h1-7,9-10,15,18,23H,8,11-12H2,(H,21,24)/t15-,18+/m1/s1. The van der Waals surface area contributed by atoms with Crippen LogP contribution in [0.5, 0.6) is 5.75 Å². The molecule has 6 nitrogen and oxygen atoms in total. The van der Waals surface area contributed by atoms with Gasteiger partial charge in [0.2, 0.25) is 5.91 Å². The molecule has 1 amide bonds. The van der Waals surface area contributed by atoms with Crippen LogP contribution in [-0.4, -0.2) is 33.3 Å². The number of benzene rings is 1. The van der Waals surface area contributed by atoms with Crippen molar-refractivity contribution in [3.05, 3.63) is 60.4 Å². The molecular weight excluding hydrogens is 318 g/mol. The summed E-state index contributed by atoms with van der Waals surface area (Å²) >= 11 is 0. The van der Waals surface area contributed by atoms with Crippen molar-refractivity contribution in [3.63, 3.8) is 0 Å². The van der Waals surface area contributed by atoms with Crippen molar-refractivity contribution in [1.82, 2.24) is 14.9 Å². The van der Waals surface area contributed by atoms with E-state index >= 15 is 0 Å². The molecule has 25 heavy (non-hydrogen) atoms. The van der Waals surface area contributed by atoms with E-state index in [0.717, 1.165) is 16.6 Å². The molecule has 1 aromatic carbocycles. The monoisotopic (exact) mass is 337 g/mol. The summed E-state index contributed by atoms with van der Waals surface area (Å²) in [6.45, 7) is 0.710. The van der Waals surface area contributed by atoms with Crippen molar-refractivity contribution in [2.24, 2.45) is 0 Å². The first-order valence-corrected chi connectivity index (χ1v) is 8.31. The van der Waals surface area contributed by atoms with Crippen molar-refractivity contribution in [2.45, 2.75) is 25.1 Å². The minimum atomic E-state index is -0.757. The normalized spacial score (nSPS) is 19.2. The molecule has 4 rings (SSSR count). The zero-order chi connectivity index (χ0) is 17.2. The average Bonchev–Trinajstić information content (AvgIpc) is 3.06. The van der Waals surface area contributed by atoms with Crippen LogP contribution in [0.1, 0.15) is 18.0 Å². The summed E-state index contributed by atoms with van der Waals surface area (Å²) in [6, 6.07) is 12.9. The van der Waals surface area contributed by atoms with Gasteiger partial charge in [-0.2, -0.15) is 0 Å². The number of para-hydroxylation sites is 1. The first-order valence-electron chi connectivity index (χ1n) is 8.31. The molecule has 0 radical (unpaired) electrons. The maximum atomic E-state index is 12.4. The Morgan fingerprint density at radius 3 is 3.08 bits per heavy atom. The number of carbonyl (C=O) groups is 1. The molecule has 0 fully saturated rings. The molecule has 0 aliphatic carbocycles. The van der Waals surface area contributed by atoms with Gasteiger partial charge in [0.25, 0.3) is 0 Å². The summed E-state index contributed by atoms with van der Waals surface area (Å²) < 4.78 is 7.46. The minimum Gasteiger partial charge on any atom is -0.490 e. The number of ether oxygens (including phenoxy) is 1. The number of fused-ring (bicyclic) bond motifs is 2. The highest BCUT2D eigenvalue weighted by molar-refractivity contribution is 5.78. The number of aryl methyl sites for hydroxylation is 1. The third kappa shape index (κ3) is 3.08. The zero-order valence-corrected chi connectivity index (χ0v) is 13.6. The highest BCUT2D eigenvalue weighted by Crippen LogP contribution is 2.31. The van der Waals surface area contributed by atoms with Gasteiger partial charge in [0, 0.05) is 36.3 Å². The Hall–Kier alpha value is -2.86. The third-order valence-electron chi connectivity index (χ3n) is 4.47. The molecule has 6 heteroatoms. The molecule has 128 valence electrons. The van der Waals surface area contributed by atoms with Gasteiger partial charge in [0.1, 0.15) is 24.1 Å². The highest BCUT2D eigenvalue weighted by Gasteiger charge is 2.30. The molecule has 0 saturated carbocycles. The number of aliphatic hydroxyl groups is 1. The minimum absolute atomic E-state index is 0.112. The van der Waals surface area contributed by atoms with Crippen molar-refractivity contribution >= 4 is 16.9 Å². The fourth-order valence-corrected chi connectivity index (χ4v) is 3.19. The lowest BCUT2D eigenvalue weighted by Gasteiger charge is -2.31. The van der Waals surface area contributed by atoms with Crippen molar-refractivity contribution in [2.75, 3.05) is 6.61 Å². The van der Waals surface area contributed by atoms with Gasteiger partial charge in [-0.05, 0) is 24.3 Å². The van der Waals surface area contributed by atoms with E-state index in [1.54, 1.807) is 6.20 Å². The topological polar surface area (TPSA) is 76.4 Å². The van der Waals surface area contributed by atoms with Crippen LogP contribution in [0, 0.1) is 0 Å². The lowest BCUT2D eigenvalue weighted by molar-refractivity contribution is -0.123. The number of aromatic nitrogens is 2. The number of nitrogens with zero attached hydrogens (tertiary/aromatic N) is 2. The summed E-state index contributed by atoms with van der Waals surface area (Å²) in [6.07, 6.45) is 3.23. The van der Waals surface area contributed by atoms with Crippen LogP contribution in [0.25, 0.3) is 11.0 Å². The first-order chi connectivity index (χ1) is 12.2. The average molecular weight is 337 g/mol. The molecule has 0 unspecified atom stereocenters. The third-order valence-corrected chi connectivity index (χ3v) is 4.47. The lowest BCUT2D eigenvalue weighted by atomic mass is 9.98. The van der Waals surface area contributed by atoms with Gasteiger partial charge in [0.05, 0.1) is 6.04 Å². The Labute approximate surface area is 145 Å². The molecule has 2 atom stereocenters. The first kappa shape index (κ1) is 15.7. The van der Waals surface area contributed by atoms with E-state index in [2.05, 4.69) is 10.3 Å². The molecule has 1 aliphatic heterocycles. The van der Waals surface area contributed by atoms with Crippen LogP contribution < -0.4 is 10.1 Å². The van der Waals surface area contributed by atoms with E-state index in [1.165, 1.54) is 0 Å². The van der Waals surface area contributed by atoms with E-state index in [-0.39, 0.29) is 12.5 Å². The molecule has 0 saturated heterocycles. The second-order valence-electron chi connectivity index (χ2n) is 6.14. The van der Waals surface area contributed by atoms with E-state index < -0.39 is 12.1 Å². The number of hydrogen-bond donors (Lipinski definition) is 2. The molecule has 3 aromatic rings. The SMILES string of the molecule is O=C(CCn1ccc2cccnc21)N[C@H]1c2ccccc2OC[C@H]1O. The second kappa shape index (κ2) is 6.57. The van der Waals surface area contributed by atoms with Crippen LogP contribution in [-0.2, 0) is 11.3 Å². The predicted octanol–water partition coefficient (Wildman–Crippen LogP) is 2.04. The Kier molecular flexibility index (Phi) is 4.11. The Morgan fingerprint density at radius 1 is 1.28 bits per heavy atom. The number of aliphatic hydroxyl groups excluding tert-OH is 1. The molecule has 1 aliphatic rings. The number of rotatable bonds is 4. The molecule has 0 spiro atoms. The second-order valence-corrected chi connectivity index (χ2v) is 6.14. The number of amides is 1. The molecule has 3 heterocycles. The Morgan fingerprint density at radius 2 is 2.16 bits per heavy atom. The lowest BCUT2D eigenvalue weighted by Crippen LogP contribution is -2.42. The van der Waals surface area contributed by atoms with Crippen LogP contribution in [0.2, 0.25) is 0 Å². The largest absolute Gasteiger partial charge is 0.490 e. The number of pyridine rings is 1. The van der Waals surface area contributed by atoms with E-state index in [0.29, 0.717) is 18.7 Å². The fraction of sp³-hybridized carbons (Fsp3) is 0.263. The Balaban J connectivity index is 1.44. The molecule has 2 aromatic heterocycles. The van der Waals surface area contributed by atoms with Crippen molar-refractivity contribution in [1.29, 1.82) is 0 Å². The van der Waals surface area contributed by atoms with Gasteiger partial charge in [-0.3, -0.25) is 4.79 Å². The number of nitrogens with one attached hydrogen (secondary N) is 1. The van der Waals surface area contributed by atoms with Crippen LogP contribution in [0.3, 0.4) is 0 Å². The number of hydrogen-bond acceptors (Lipinski definition) is 4. The summed E-state index contributed by atoms with van der Waals surface area (Å²) in [5.41, 5.74) is 1.68. The van der Waals surface area contributed by atoms with Gasteiger partial charge in [-0.15, -0.1) is 0 Å². The summed E-state index contributed by atoms with van der Waals surface area (Å²) in [4.78, 5) is 16.8. The highest BCUT2D eigenvalue weighted by atomic mass is 16.5. The van der Waals surface area contributed by atoms with Crippen molar-refractivity contribution in [3.8, 4) is 5.75 Å². The van der Waals surface area contributed by atoms with Gasteiger partial charge in [-0.25, -0.2) is 4.98 Å². The zero-order valence-electron chi connectivity index (χ0n) is 13.6. The van der Waals surface area contributed by atoms with Crippen LogP contribution in [0.15, 0.2) is 54.9 Å². The maximum Gasteiger partial charge on any atom is 0.222 e. The van der Waals surface area contributed by atoms with E-state index in [1.807, 2.05) is 53.2 Å². The Bertz CT molecular complexity index is 906. The summed E-state index contributed by atoms with van der Waals surface area (Å²) in [5.74, 6) is 0.595. The van der Waals surface area contributed by atoms with Gasteiger partial charge >= 0.3 is 0 Å². The summed E-state index contributed by atoms with van der Waals surface area (Å²) in [7, 11) is 0. The van der Waals surface area contributed by atoms with Crippen LogP contribution >= 0.6 is 0 Å². The van der Waals surface area contributed by atoms with Gasteiger partial charge < -0.3 is 19.7 Å². The maximum absolute atomic E-state index is 12.4. The quantitative estimate of drug-likeness (QED) is 0.764. The van der Waals surface area contributed by atoms with E-state index in [9.17, 15) is 9.90 Å². The molecule has 0 bridgehead atoms. The van der Waals surface area contributed by atoms with E-state index in [4.69, 9.17) is 4.74 Å². The fourth-order valence-electron chi connectivity index (χ4n) is 3.19. The number of carbonyl (C=O) groups excluding carboxylic acids is 1. The summed E-state index contributed by atoms with van der Waals surface area (Å²) in [5, 5.41) is 14.2. The predicted molar refractivity (Wildman–Crippen MR) is 93.2 cm³/mol.